The lowest BCUT2D eigenvalue weighted by Gasteiger charge is -2.09. The normalized spacial score (nSPS) is 11.0. The average molecular weight is 1610 g/mol. The number of thiophene rings is 1. The van der Waals surface area contributed by atoms with E-state index in [0.717, 1.165) is 50.4 Å². The van der Waals surface area contributed by atoms with E-state index in [1.54, 1.807) is 29.4 Å². The summed E-state index contributed by atoms with van der Waals surface area (Å²) in [5, 5.41) is 11.2. The molecule has 0 atom stereocenters. The van der Waals surface area contributed by atoms with Gasteiger partial charge in [-0.05, 0) is 59.0 Å². The van der Waals surface area contributed by atoms with Crippen LogP contribution in [0.15, 0.2) is 112 Å². The number of nitrogens with one attached hydrogen (secondary N) is 2. The number of allylic oxidation sites excluding steroid dienone is 1. The molecule has 105 heavy (non-hydrogen) atoms. The second kappa shape index (κ2) is 232. The second-order valence-corrected chi connectivity index (χ2v) is 19.4. The molecule has 12 heteroatoms. The molecule has 0 spiro atoms. The first-order valence-electron chi connectivity index (χ1n) is 44.0. The molecule has 0 unspecified atom stereocenters. The van der Waals surface area contributed by atoms with E-state index in [0.29, 0.717) is 0 Å². The predicted molar refractivity (Wildman–Crippen MR) is 537 cm³/mol. The molecule has 4 saturated heterocycles. The highest BCUT2D eigenvalue weighted by Gasteiger charge is 2.01. The number of furan rings is 1. The van der Waals surface area contributed by atoms with Gasteiger partial charge in [-0.15, -0.1) is 23.1 Å². The molecule has 6 aliphatic rings. The molecule has 6 nitrogen and oxygen atoms in total. The summed E-state index contributed by atoms with van der Waals surface area (Å²) in [6.45, 7) is 105. The van der Waals surface area contributed by atoms with Gasteiger partial charge in [0, 0.05) is 94.6 Å². The van der Waals surface area contributed by atoms with Crippen LogP contribution in [0.2, 0.25) is 0 Å². The fraction of sp³-hybridized carbons (Fsp3) is 0.731. The number of rotatable bonds is 0. The number of benzene rings is 3. The number of fused-ring (bicyclic) bond motifs is 3. The highest BCUT2D eigenvalue weighted by Crippen LogP contribution is 2.19. The molecule has 0 saturated carbocycles. The van der Waals surface area contributed by atoms with E-state index in [-0.39, 0.29) is 0 Å². The Morgan fingerprint density at radius 2 is 0.648 bits per heavy atom. The van der Waals surface area contributed by atoms with Gasteiger partial charge in [0.2, 0.25) is 0 Å². The van der Waals surface area contributed by atoms with Crippen LogP contribution in [0, 0.1) is 0 Å². The van der Waals surface area contributed by atoms with Crippen LogP contribution in [0.4, 0.5) is 0 Å². The van der Waals surface area contributed by atoms with Crippen molar-refractivity contribution in [2.75, 3.05) is 111 Å². The van der Waals surface area contributed by atoms with Crippen molar-refractivity contribution in [1.29, 1.82) is 0 Å². The Balaban J connectivity index is -0.0000000375. The van der Waals surface area contributed by atoms with Crippen molar-refractivity contribution in [3.8, 4) is 0 Å². The first kappa shape index (κ1) is 159. The van der Waals surface area contributed by atoms with Crippen molar-refractivity contribution < 1.29 is 13.9 Å². The molecule has 7 heterocycles. The maximum Gasteiger partial charge on any atom is 0.133 e. The van der Waals surface area contributed by atoms with Gasteiger partial charge in [0.15, 0.2) is 0 Å². The highest BCUT2D eigenvalue weighted by atomic mass is 32.2. The third kappa shape index (κ3) is 164. The lowest BCUT2D eigenvalue weighted by Crippen LogP contribution is -2.24. The quantitative estimate of drug-likeness (QED) is 0.157. The lowest BCUT2D eigenvalue weighted by molar-refractivity contribution is -0.0334. The van der Waals surface area contributed by atoms with Gasteiger partial charge in [0.1, 0.15) is 5.58 Å². The monoisotopic (exact) mass is 1600 g/mol. The minimum absolute atomic E-state index is 0.778. The maximum atomic E-state index is 5.12. The van der Waals surface area contributed by atoms with Crippen LogP contribution in [0.25, 0.3) is 27.1 Å². The molecule has 0 amide bonds. The van der Waals surface area contributed by atoms with Gasteiger partial charge < -0.3 is 24.5 Å². The maximum absolute atomic E-state index is 5.12. The Kier molecular flexibility index (Phi) is 352. The van der Waals surface area contributed by atoms with E-state index in [1.807, 2.05) is 392 Å². The van der Waals surface area contributed by atoms with Crippen molar-refractivity contribution in [2.24, 2.45) is 4.99 Å². The van der Waals surface area contributed by atoms with E-state index < -0.39 is 0 Å². The lowest BCUT2D eigenvalue weighted by atomic mass is 10.1. The molecule has 2 N–H and O–H groups in total. The summed E-state index contributed by atoms with van der Waals surface area (Å²) in [4.78, 5) is 4.02. The zero-order valence-corrected chi connectivity index (χ0v) is 86.1. The van der Waals surface area contributed by atoms with Crippen LogP contribution in [0.3, 0.4) is 0 Å². The standard InChI is InChI=1S/C9H8.C8H6O.C8H6S.2C4H9NS.C4H7NS.C4H8O2.C4H8S2.24C2H6/c1-2-5-9-7-3-6-8(9)4-1;2*1-2-4-8-7(3-1)5-6-9-8;2*1-3-6-4-2-5-1;1-2-5-4-6-3-1;2*1-2-6-4-3-5-1;24*1-2/h1-6H,7H2;2*1-6H;2*5H,1-4H2;4H,1-3H2;2*1-4H2;24*1-2H3. The topological polar surface area (TPSA) is 68.0 Å². The number of hydrogen-bond acceptors (Lipinski definition) is 12. The first-order chi connectivity index (χ1) is 52.4. The Labute approximate surface area is 697 Å². The predicted octanol–water partition coefficient (Wildman–Crippen LogP) is 35.5. The smallest absolute Gasteiger partial charge is 0.133 e. The Morgan fingerprint density at radius 3 is 0.905 bits per heavy atom. The summed E-state index contributed by atoms with van der Waals surface area (Å²) in [5.74, 6) is 12.0. The molecule has 646 valence electrons. The summed E-state index contributed by atoms with van der Waals surface area (Å²) in [7, 11) is 0. The molecule has 2 aromatic heterocycles. The third-order valence-electron chi connectivity index (χ3n) is 8.29. The molecule has 11 rings (SSSR count). The molecule has 1 aliphatic carbocycles. The number of thioether (sulfide) groups is 5. The average Bonchev–Trinajstić information content (AvgIpc) is 1.78. The number of para-hydroxylation sites is 1. The van der Waals surface area contributed by atoms with E-state index in [9.17, 15) is 0 Å². The van der Waals surface area contributed by atoms with Crippen molar-refractivity contribution >= 4 is 103 Å². The molecule has 3 aromatic carbocycles. The summed E-state index contributed by atoms with van der Waals surface area (Å²) >= 11 is 11.8. The molecular formula is C93H205N3O3S6. The molecule has 0 radical (unpaired) electrons. The Hall–Kier alpha value is -1.84. The van der Waals surface area contributed by atoms with Crippen molar-refractivity contribution in [2.45, 2.75) is 345 Å². The highest BCUT2D eigenvalue weighted by molar-refractivity contribution is 8.12. The zero-order chi connectivity index (χ0) is 87.5. The van der Waals surface area contributed by atoms with Gasteiger partial charge in [-0.25, -0.2) is 0 Å². The number of aliphatic imine (C=N–C) groups is 1. The van der Waals surface area contributed by atoms with E-state index in [4.69, 9.17) is 13.9 Å². The van der Waals surface area contributed by atoms with Crippen molar-refractivity contribution in [3.63, 3.8) is 0 Å². The second-order valence-electron chi connectivity index (χ2n) is 12.6. The Bertz CT molecular complexity index is 1520. The van der Waals surface area contributed by atoms with Gasteiger partial charge in [-0.1, -0.05) is 405 Å². The molecule has 5 aromatic rings. The van der Waals surface area contributed by atoms with E-state index >= 15 is 0 Å². The summed E-state index contributed by atoms with van der Waals surface area (Å²) in [6, 6.07) is 28.9. The van der Waals surface area contributed by atoms with Crippen LogP contribution < -0.4 is 10.6 Å². The zero-order valence-electron chi connectivity index (χ0n) is 81.2. The van der Waals surface area contributed by atoms with Crippen LogP contribution >= 0.6 is 70.1 Å². The van der Waals surface area contributed by atoms with Gasteiger partial charge in [-0.3, -0.25) is 4.99 Å². The SMILES string of the molecule is C1=Cc2ccccc2C1.C1=NCCCS1.C1COCCO1.C1CSCCN1.C1CSCCN1.C1CSCCS1.CC.CC.CC.CC.CC.CC.CC.CC.CC.CC.CC.CC.CC.CC.CC.CC.CC.CC.CC.CC.CC.CC.CC.CC.c1ccc2occc2c1.c1ccc2sccc2c1. The van der Waals surface area contributed by atoms with Gasteiger partial charge in [0.05, 0.1) is 38.2 Å². The van der Waals surface area contributed by atoms with Gasteiger partial charge in [-0.2, -0.15) is 47.0 Å². The minimum Gasteiger partial charge on any atom is -0.464 e. The van der Waals surface area contributed by atoms with Crippen LogP contribution in [0.5, 0.6) is 0 Å². The summed E-state index contributed by atoms with van der Waals surface area (Å²) in [6.07, 6.45) is 8.46. The molecule has 5 aliphatic heterocycles. The molecule has 0 bridgehead atoms. The Morgan fingerprint density at radius 1 is 0.324 bits per heavy atom. The summed E-state index contributed by atoms with van der Waals surface area (Å²) in [5.41, 5.74) is 5.73. The number of nitrogens with zero attached hydrogens (tertiary/aromatic N) is 1. The molecule has 4 fully saturated rings. The summed E-state index contributed by atoms with van der Waals surface area (Å²) < 4.78 is 16.4. The third-order valence-corrected chi connectivity index (χ3v) is 14.5. The first-order valence-corrected chi connectivity index (χ1v) is 50.5. The minimum atomic E-state index is 0.778. The largest absolute Gasteiger partial charge is 0.464 e. The van der Waals surface area contributed by atoms with Gasteiger partial charge >= 0.3 is 0 Å². The molecular weight excluding hydrogens is 1400 g/mol. The fourth-order valence-corrected chi connectivity index (χ4v) is 10.6. The fourth-order valence-electron chi connectivity index (χ4n) is 5.32. The van der Waals surface area contributed by atoms with Crippen LogP contribution in [-0.4, -0.2) is 116 Å². The van der Waals surface area contributed by atoms with E-state index in [2.05, 4.69) is 111 Å². The van der Waals surface area contributed by atoms with Gasteiger partial charge in [0.25, 0.3) is 0 Å². The van der Waals surface area contributed by atoms with E-state index in [1.165, 1.54) is 106 Å². The van der Waals surface area contributed by atoms with Crippen molar-refractivity contribution in [1.82, 2.24) is 10.6 Å². The van der Waals surface area contributed by atoms with Crippen LogP contribution in [0.1, 0.15) is 350 Å². The van der Waals surface area contributed by atoms with Crippen LogP contribution in [-0.2, 0) is 15.9 Å². The number of hydrogen-bond donors (Lipinski definition) is 2. The van der Waals surface area contributed by atoms with Crippen molar-refractivity contribution in [3.05, 3.63) is 114 Å². The number of ether oxygens (including phenoxy) is 2.